The quantitative estimate of drug-likeness (QED) is 0.499. The van der Waals surface area contributed by atoms with Gasteiger partial charge in [0.1, 0.15) is 16.9 Å². The van der Waals surface area contributed by atoms with Crippen molar-refractivity contribution in [2.45, 2.75) is 6.92 Å². The molecule has 3 aromatic carbocycles. The third-order valence-electron chi connectivity index (χ3n) is 4.37. The van der Waals surface area contributed by atoms with E-state index in [1.54, 1.807) is 48.5 Å². The lowest BCUT2D eigenvalue weighted by Crippen LogP contribution is -2.20. The Balaban J connectivity index is 1.58. The molecule has 0 saturated heterocycles. The Hall–Kier alpha value is -3.31. The lowest BCUT2D eigenvalue weighted by molar-refractivity contribution is -0.118. The van der Waals surface area contributed by atoms with Crippen LogP contribution < -0.4 is 15.5 Å². The molecule has 0 spiro atoms. The molecule has 0 fully saturated rings. The molecular formula is C22H16ClNO4. The van der Waals surface area contributed by atoms with E-state index in [4.69, 9.17) is 20.8 Å². The molecule has 0 aliphatic carbocycles. The molecule has 1 amide bonds. The first-order chi connectivity index (χ1) is 13.5. The molecule has 5 nitrogen and oxygen atoms in total. The lowest BCUT2D eigenvalue weighted by atomic mass is 10.1. The number of rotatable bonds is 4. The van der Waals surface area contributed by atoms with Crippen LogP contribution in [0.25, 0.3) is 21.9 Å². The Kier molecular flexibility index (Phi) is 4.75. The van der Waals surface area contributed by atoms with Gasteiger partial charge in [-0.15, -0.1) is 0 Å². The zero-order valence-electron chi connectivity index (χ0n) is 15.0. The average Bonchev–Trinajstić information content (AvgIpc) is 2.68. The number of benzene rings is 3. The van der Waals surface area contributed by atoms with Gasteiger partial charge in [-0.2, -0.15) is 0 Å². The lowest BCUT2D eigenvalue weighted by Gasteiger charge is -2.09. The highest BCUT2D eigenvalue weighted by atomic mass is 35.5. The molecule has 0 bridgehead atoms. The molecule has 140 valence electrons. The molecule has 1 N–H and O–H groups in total. The Labute approximate surface area is 165 Å². The van der Waals surface area contributed by atoms with Gasteiger partial charge in [-0.05, 0) is 42.8 Å². The third-order valence-corrected chi connectivity index (χ3v) is 4.69. The van der Waals surface area contributed by atoms with Crippen molar-refractivity contribution >= 4 is 45.1 Å². The fourth-order valence-corrected chi connectivity index (χ4v) is 3.19. The maximum atomic E-state index is 12.7. The number of nitrogens with one attached hydrogen (secondary N) is 1. The van der Waals surface area contributed by atoms with Gasteiger partial charge in [-0.25, -0.2) is 0 Å². The number of para-hydroxylation sites is 2. The van der Waals surface area contributed by atoms with Gasteiger partial charge in [0, 0.05) is 11.8 Å². The topological polar surface area (TPSA) is 68.5 Å². The SMILES string of the molecule is Cc1cccc2c(=O)c3ccc(NC(=O)COc4ccccc4Cl)cc3oc12. The number of carbonyl (C=O) groups excluding carboxylic acids is 1. The van der Waals surface area contributed by atoms with Crippen molar-refractivity contribution in [2.75, 3.05) is 11.9 Å². The van der Waals surface area contributed by atoms with E-state index in [9.17, 15) is 9.59 Å². The molecule has 0 aliphatic heterocycles. The van der Waals surface area contributed by atoms with E-state index in [2.05, 4.69) is 5.32 Å². The maximum absolute atomic E-state index is 12.7. The van der Waals surface area contributed by atoms with E-state index in [1.807, 2.05) is 19.1 Å². The van der Waals surface area contributed by atoms with Crippen LogP contribution in [0.15, 0.2) is 69.9 Å². The van der Waals surface area contributed by atoms with Crippen LogP contribution in [0.5, 0.6) is 5.75 Å². The Morgan fingerprint density at radius 2 is 1.89 bits per heavy atom. The summed E-state index contributed by atoms with van der Waals surface area (Å²) in [5.41, 5.74) is 2.25. The zero-order valence-corrected chi connectivity index (χ0v) is 15.7. The van der Waals surface area contributed by atoms with Gasteiger partial charge in [0.2, 0.25) is 5.43 Å². The Morgan fingerprint density at radius 3 is 2.71 bits per heavy atom. The van der Waals surface area contributed by atoms with Crippen LogP contribution in [0.4, 0.5) is 5.69 Å². The molecule has 1 heterocycles. The number of ether oxygens (including phenoxy) is 1. The van der Waals surface area contributed by atoms with Crippen LogP contribution >= 0.6 is 11.6 Å². The number of hydrogen-bond acceptors (Lipinski definition) is 4. The van der Waals surface area contributed by atoms with Crippen LogP contribution in [0.1, 0.15) is 5.56 Å². The second-order valence-corrected chi connectivity index (χ2v) is 6.77. The second-order valence-electron chi connectivity index (χ2n) is 6.36. The highest BCUT2D eigenvalue weighted by molar-refractivity contribution is 6.32. The fraction of sp³-hybridized carbons (Fsp3) is 0.0909. The van der Waals surface area contributed by atoms with Gasteiger partial charge in [-0.3, -0.25) is 9.59 Å². The molecule has 4 rings (SSSR count). The average molecular weight is 394 g/mol. The summed E-state index contributed by atoms with van der Waals surface area (Å²) in [6.45, 7) is 1.69. The molecule has 0 unspecified atom stereocenters. The number of fused-ring (bicyclic) bond motifs is 2. The van der Waals surface area contributed by atoms with Crippen LogP contribution in [0.3, 0.4) is 0 Å². The number of anilines is 1. The molecule has 0 radical (unpaired) electrons. The smallest absolute Gasteiger partial charge is 0.262 e. The van der Waals surface area contributed by atoms with Crippen molar-refractivity contribution in [1.82, 2.24) is 0 Å². The number of halogens is 1. The van der Waals surface area contributed by atoms with Crippen molar-refractivity contribution in [1.29, 1.82) is 0 Å². The van der Waals surface area contributed by atoms with E-state index >= 15 is 0 Å². The van der Waals surface area contributed by atoms with Gasteiger partial charge < -0.3 is 14.5 Å². The number of amides is 1. The van der Waals surface area contributed by atoms with Gasteiger partial charge in [-0.1, -0.05) is 35.9 Å². The van der Waals surface area contributed by atoms with E-state index in [-0.39, 0.29) is 17.9 Å². The predicted octanol–water partition coefficient (Wildman–Crippen LogP) is 4.93. The highest BCUT2D eigenvalue weighted by Gasteiger charge is 2.11. The summed E-state index contributed by atoms with van der Waals surface area (Å²) in [4.78, 5) is 24.9. The summed E-state index contributed by atoms with van der Waals surface area (Å²) in [6.07, 6.45) is 0. The molecule has 28 heavy (non-hydrogen) atoms. The largest absolute Gasteiger partial charge is 0.482 e. The van der Waals surface area contributed by atoms with Gasteiger partial charge in [0.05, 0.1) is 15.8 Å². The molecule has 1 aromatic heterocycles. The van der Waals surface area contributed by atoms with Gasteiger partial charge in [0.25, 0.3) is 5.91 Å². The monoisotopic (exact) mass is 393 g/mol. The van der Waals surface area contributed by atoms with E-state index in [0.29, 0.717) is 38.4 Å². The standard InChI is InChI=1S/C22H16ClNO4/c1-13-5-4-6-16-21(26)15-10-9-14(11-19(15)28-22(13)16)24-20(25)12-27-18-8-3-2-7-17(18)23/h2-11H,12H2,1H3,(H,24,25). The minimum atomic E-state index is -0.349. The molecule has 0 aliphatic rings. The van der Waals surface area contributed by atoms with Crippen molar-refractivity contribution in [3.8, 4) is 5.75 Å². The minimum Gasteiger partial charge on any atom is -0.482 e. The van der Waals surface area contributed by atoms with Crippen LogP contribution in [0.2, 0.25) is 5.02 Å². The van der Waals surface area contributed by atoms with E-state index in [0.717, 1.165) is 5.56 Å². The first kappa shape index (κ1) is 18.1. The molecule has 6 heteroatoms. The van der Waals surface area contributed by atoms with Crippen LogP contribution in [-0.4, -0.2) is 12.5 Å². The van der Waals surface area contributed by atoms with Crippen molar-refractivity contribution in [3.05, 3.63) is 81.5 Å². The Morgan fingerprint density at radius 1 is 1.07 bits per heavy atom. The normalized spacial score (nSPS) is 10.9. The maximum Gasteiger partial charge on any atom is 0.262 e. The van der Waals surface area contributed by atoms with Crippen LogP contribution in [-0.2, 0) is 4.79 Å². The fourth-order valence-electron chi connectivity index (χ4n) is 3.00. The van der Waals surface area contributed by atoms with E-state index < -0.39 is 0 Å². The summed E-state index contributed by atoms with van der Waals surface area (Å²) in [7, 11) is 0. The summed E-state index contributed by atoms with van der Waals surface area (Å²) in [5, 5.41) is 4.17. The summed E-state index contributed by atoms with van der Waals surface area (Å²) >= 11 is 6.01. The van der Waals surface area contributed by atoms with Crippen molar-refractivity contribution in [3.63, 3.8) is 0 Å². The van der Waals surface area contributed by atoms with Crippen molar-refractivity contribution < 1.29 is 13.9 Å². The molecule has 0 atom stereocenters. The summed E-state index contributed by atoms with van der Waals surface area (Å²) in [5.74, 6) is 0.0874. The van der Waals surface area contributed by atoms with Gasteiger partial charge in [0.15, 0.2) is 6.61 Å². The Bertz CT molecular complexity index is 1260. The second kappa shape index (κ2) is 7.37. The first-order valence-electron chi connectivity index (χ1n) is 8.66. The van der Waals surface area contributed by atoms with Crippen molar-refractivity contribution in [2.24, 2.45) is 0 Å². The zero-order chi connectivity index (χ0) is 19.7. The number of hydrogen-bond donors (Lipinski definition) is 1. The first-order valence-corrected chi connectivity index (χ1v) is 9.04. The highest BCUT2D eigenvalue weighted by Crippen LogP contribution is 2.25. The summed E-state index contributed by atoms with van der Waals surface area (Å²) < 4.78 is 11.4. The molecular weight excluding hydrogens is 378 g/mol. The molecule has 4 aromatic rings. The minimum absolute atomic E-state index is 0.0973. The molecule has 0 saturated carbocycles. The van der Waals surface area contributed by atoms with E-state index in [1.165, 1.54) is 0 Å². The predicted molar refractivity (Wildman–Crippen MR) is 110 cm³/mol. The number of carbonyl (C=O) groups is 1. The number of aryl methyl sites for hydroxylation is 1. The van der Waals surface area contributed by atoms with Gasteiger partial charge >= 0.3 is 0 Å². The summed E-state index contributed by atoms with van der Waals surface area (Å²) in [6, 6.07) is 17.3. The van der Waals surface area contributed by atoms with Crippen LogP contribution in [0, 0.1) is 6.92 Å². The third kappa shape index (κ3) is 3.44.